The van der Waals surface area contributed by atoms with E-state index in [0.717, 1.165) is 18.1 Å². The first-order valence-electron chi connectivity index (χ1n) is 5.87. The van der Waals surface area contributed by atoms with Crippen LogP contribution in [0.3, 0.4) is 0 Å². The van der Waals surface area contributed by atoms with E-state index < -0.39 is 0 Å². The Morgan fingerprint density at radius 3 is 2.31 bits per heavy atom. The van der Waals surface area contributed by atoms with E-state index >= 15 is 0 Å². The van der Waals surface area contributed by atoms with E-state index in [1.807, 2.05) is 19.2 Å². The maximum absolute atomic E-state index is 5.90. The number of rotatable bonds is 1. The second-order valence-corrected chi connectivity index (χ2v) is 4.59. The van der Waals surface area contributed by atoms with Crippen LogP contribution in [0.1, 0.15) is 24.8 Å². The minimum atomic E-state index is 0.790. The molecule has 0 radical (unpaired) electrons. The zero-order valence-corrected chi connectivity index (χ0v) is 10.4. The molecule has 1 aromatic rings. The highest BCUT2D eigenvalue weighted by Crippen LogP contribution is 2.11. The number of nitrogens with one attached hydrogen (secondary N) is 1. The molecule has 0 saturated carbocycles. The van der Waals surface area contributed by atoms with Gasteiger partial charge in [0, 0.05) is 5.02 Å². The summed E-state index contributed by atoms with van der Waals surface area (Å²) in [5.74, 6) is 1.22. The third-order valence-electron chi connectivity index (χ3n) is 3.03. The third kappa shape index (κ3) is 2.56. The lowest BCUT2D eigenvalue weighted by Crippen LogP contribution is -2.35. The standard InChI is InChI=1S/C13H17ClN2/c1-15-13(16-9-3-2-4-10-16)11-5-7-12(14)8-6-11/h5-8H,2-4,9-10H2,1H3/p+1. The van der Waals surface area contributed by atoms with Crippen LogP contribution < -0.4 is 5.32 Å². The van der Waals surface area contributed by atoms with Crippen molar-refractivity contribution in [1.29, 1.82) is 0 Å². The van der Waals surface area contributed by atoms with E-state index in [1.165, 1.54) is 30.7 Å². The molecule has 16 heavy (non-hydrogen) atoms. The van der Waals surface area contributed by atoms with Crippen LogP contribution >= 0.6 is 11.6 Å². The predicted octanol–water partition coefficient (Wildman–Crippen LogP) is 2.50. The average Bonchev–Trinajstić information content (AvgIpc) is 2.34. The molecule has 1 aromatic carbocycles. The molecule has 1 aliphatic rings. The van der Waals surface area contributed by atoms with Crippen molar-refractivity contribution in [3.8, 4) is 0 Å². The summed E-state index contributed by atoms with van der Waals surface area (Å²) in [4.78, 5) is 0. The highest BCUT2D eigenvalue weighted by atomic mass is 35.5. The Hall–Kier alpha value is -1.02. The topological polar surface area (TPSA) is 15.0 Å². The van der Waals surface area contributed by atoms with Crippen LogP contribution in [0.4, 0.5) is 0 Å². The first-order valence-corrected chi connectivity index (χ1v) is 6.24. The molecule has 1 heterocycles. The molecule has 1 saturated heterocycles. The number of benzene rings is 1. The second-order valence-electron chi connectivity index (χ2n) is 4.15. The van der Waals surface area contributed by atoms with Crippen LogP contribution in [-0.2, 0) is 0 Å². The van der Waals surface area contributed by atoms with E-state index in [9.17, 15) is 0 Å². The lowest BCUT2D eigenvalue weighted by molar-refractivity contribution is -0.538. The SMILES string of the molecule is CNC(c1ccc(Cl)cc1)=[N+]1CCCCC1. The molecule has 0 bridgehead atoms. The van der Waals surface area contributed by atoms with Crippen molar-refractivity contribution in [3.63, 3.8) is 0 Å². The molecule has 2 nitrogen and oxygen atoms in total. The Morgan fingerprint density at radius 2 is 1.75 bits per heavy atom. The number of piperidine rings is 1. The summed E-state index contributed by atoms with van der Waals surface area (Å²) in [6, 6.07) is 8.03. The molecule has 86 valence electrons. The van der Waals surface area contributed by atoms with E-state index in [-0.39, 0.29) is 0 Å². The molecule has 2 rings (SSSR count). The van der Waals surface area contributed by atoms with Crippen molar-refractivity contribution in [2.45, 2.75) is 19.3 Å². The molecule has 1 aliphatic heterocycles. The summed E-state index contributed by atoms with van der Waals surface area (Å²) in [7, 11) is 1.98. The molecule has 0 aromatic heterocycles. The van der Waals surface area contributed by atoms with Crippen LogP contribution in [-0.4, -0.2) is 30.5 Å². The van der Waals surface area contributed by atoms with Crippen LogP contribution in [0, 0.1) is 0 Å². The minimum Gasteiger partial charge on any atom is -0.277 e. The molecule has 0 aliphatic carbocycles. The van der Waals surface area contributed by atoms with Gasteiger partial charge >= 0.3 is 0 Å². The first-order chi connectivity index (χ1) is 7.81. The molecule has 1 fully saturated rings. The van der Waals surface area contributed by atoms with Gasteiger partial charge in [-0.05, 0) is 43.5 Å². The van der Waals surface area contributed by atoms with Crippen molar-refractivity contribution >= 4 is 17.4 Å². The number of halogens is 1. The molecule has 3 heteroatoms. The normalized spacial score (nSPS) is 16.0. The lowest BCUT2D eigenvalue weighted by Gasteiger charge is -2.16. The summed E-state index contributed by atoms with van der Waals surface area (Å²) in [5, 5.41) is 4.10. The number of hydrogen-bond acceptors (Lipinski definition) is 0. The van der Waals surface area contributed by atoms with Crippen molar-refractivity contribution in [3.05, 3.63) is 34.9 Å². The highest BCUT2D eigenvalue weighted by molar-refractivity contribution is 6.30. The Labute approximate surface area is 102 Å². The largest absolute Gasteiger partial charge is 0.277 e. The van der Waals surface area contributed by atoms with Gasteiger partial charge in [0.1, 0.15) is 0 Å². The summed E-state index contributed by atoms with van der Waals surface area (Å²) in [5.41, 5.74) is 1.22. The Balaban J connectivity index is 2.30. The van der Waals surface area contributed by atoms with Gasteiger partial charge in [-0.2, -0.15) is 0 Å². The minimum absolute atomic E-state index is 0.790. The quantitative estimate of drug-likeness (QED) is 0.586. The molecule has 0 atom stereocenters. The van der Waals surface area contributed by atoms with Gasteiger partial charge in [-0.3, -0.25) is 9.89 Å². The fourth-order valence-electron chi connectivity index (χ4n) is 2.21. The molecule has 1 N–H and O–H groups in total. The Kier molecular flexibility index (Phi) is 3.83. The van der Waals surface area contributed by atoms with Gasteiger partial charge in [0.2, 0.25) is 0 Å². The van der Waals surface area contributed by atoms with Gasteiger partial charge in [0.25, 0.3) is 5.84 Å². The van der Waals surface area contributed by atoms with E-state index in [4.69, 9.17) is 11.6 Å². The number of hydrogen-bond donors (Lipinski definition) is 1. The van der Waals surface area contributed by atoms with Crippen LogP contribution in [0.15, 0.2) is 24.3 Å². The van der Waals surface area contributed by atoms with E-state index in [1.54, 1.807) is 0 Å². The third-order valence-corrected chi connectivity index (χ3v) is 3.28. The zero-order chi connectivity index (χ0) is 11.4. The van der Waals surface area contributed by atoms with Crippen LogP contribution in [0.2, 0.25) is 5.02 Å². The second kappa shape index (κ2) is 5.35. The molecule has 0 spiro atoms. The van der Waals surface area contributed by atoms with Gasteiger partial charge in [-0.15, -0.1) is 0 Å². The fraction of sp³-hybridized carbons (Fsp3) is 0.462. The summed E-state index contributed by atoms with van der Waals surface area (Å²) >= 11 is 5.90. The molecular weight excluding hydrogens is 220 g/mol. The van der Waals surface area contributed by atoms with Gasteiger partial charge < -0.3 is 0 Å². The van der Waals surface area contributed by atoms with Gasteiger partial charge in [-0.25, -0.2) is 0 Å². The first kappa shape index (κ1) is 11.5. The van der Waals surface area contributed by atoms with E-state index in [2.05, 4.69) is 22.0 Å². The van der Waals surface area contributed by atoms with Gasteiger partial charge in [0.15, 0.2) is 0 Å². The van der Waals surface area contributed by atoms with Crippen molar-refractivity contribution < 1.29 is 4.58 Å². The average molecular weight is 238 g/mol. The zero-order valence-electron chi connectivity index (χ0n) is 9.67. The Morgan fingerprint density at radius 1 is 1.12 bits per heavy atom. The molecular formula is C13H18ClN2+. The van der Waals surface area contributed by atoms with Crippen LogP contribution in [0.25, 0.3) is 0 Å². The number of amidine groups is 1. The molecule has 0 unspecified atom stereocenters. The van der Waals surface area contributed by atoms with Crippen molar-refractivity contribution in [1.82, 2.24) is 5.32 Å². The summed E-state index contributed by atoms with van der Waals surface area (Å²) in [6.45, 7) is 2.30. The van der Waals surface area contributed by atoms with E-state index in [0.29, 0.717) is 0 Å². The highest BCUT2D eigenvalue weighted by Gasteiger charge is 2.16. The maximum atomic E-state index is 5.90. The van der Waals surface area contributed by atoms with Gasteiger partial charge in [-0.1, -0.05) is 11.6 Å². The van der Waals surface area contributed by atoms with Crippen molar-refractivity contribution in [2.75, 3.05) is 20.1 Å². The smallest absolute Gasteiger partial charge is 0.276 e. The summed E-state index contributed by atoms with van der Waals surface area (Å²) < 4.78 is 2.42. The lowest BCUT2D eigenvalue weighted by atomic mass is 10.1. The molecule has 0 amide bonds. The maximum Gasteiger partial charge on any atom is 0.276 e. The predicted molar refractivity (Wildman–Crippen MR) is 68.5 cm³/mol. The van der Waals surface area contributed by atoms with Crippen LogP contribution in [0.5, 0.6) is 0 Å². The monoisotopic (exact) mass is 237 g/mol. The number of nitrogens with zero attached hydrogens (tertiary/aromatic N) is 1. The Bertz CT molecular complexity index is 373. The fourth-order valence-corrected chi connectivity index (χ4v) is 2.34. The van der Waals surface area contributed by atoms with Gasteiger partial charge in [0.05, 0.1) is 25.7 Å². The summed E-state index contributed by atoms with van der Waals surface area (Å²) in [6.07, 6.45) is 3.94. The van der Waals surface area contributed by atoms with Crippen molar-refractivity contribution in [2.24, 2.45) is 0 Å².